The largest absolute Gasteiger partial charge is 0.317 e. The second-order valence-electron chi connectivity index (χ2n) is 5.03. The number of hydrogen-bond acceptors (Lipinski definition) is 2. The van der Waals surface area contributed by atoms with E-state index in [0.29, 0.717) is 0 Å². The van der Waals surface area contributed by atoms with Crippen molar-refractivity contribution in [3.63, 3.8) is 0 Å². The molecule has 0 amide bonds. The van der Waals surface area contributed by atoms with Gasteiger partial charge in [0.2, 0.25) is 0 Å². The molecule has 1 atom stereocenters. The van der Waals surface area contributed by atoms with Crippen LogP contribution in [-0.4, -0.2) is 13.1 Å². The second-order valence-corrected chi connectivity index (χ2v) is 5.03. The normalized spacial score (nSPS) is 20.1. The zero-order chi connectivity index (χ0) is 13.0. The Hall–Kier alpha value is -1.40. The standard InChI is InChI=1S/C15H19FN2/c1-2-14(12-3-5-13(16)6-4-12)15(11-17)7-9-18-10-8-15/h3-6,14,18H,2,7-10H2,1H3. The van der Waals surface area contributed by atoms with Gasteiger partial charge in [0.1, 0.15) is 5.82 Å². The van der Waals surface area contributed by atoms with E-state index in [9.17, 15) is 9.65 Å². The van der Waals surface area contributed by atoms with Gasteiger partial charge in [-0.15, -0.1) is 0 Å². The first-order valence-electron chi connectivity index (χ1n) is 6.59. The van der Waals surface area contributed by atoms with Crippen molar-refractivity contribution in [2.24, 2.45) is 5.41 Å². The summed E-state index contributed by atoms with van der Waals surface area (Å²) in [6.45, 7) is 3.89. The number of hydrogen-bond donors (Lipinski definition) is 1. The van der Waals surface area contributed by atoms with Crippen molar-refractivity contribution in [3.05, 3.63) is 35.6 Å². The van der Waals surface area contributed by atoms with Gasteiger partial charge in [-0.25, -0.2) is 4.39 Å². The fraction of sp³-hybridized carbons (Fsp3) is 0.533. The highest BCUT2D eigenvalue weighted by atomic mass is 19.1. The van der Waals surface area contributed by atoms with E-state index in [4.69, 9.17) is 0 Å². The van der Waals surface area contributed by atoms with Crippen LogP contribution < -0.4 is 5.32 Å². The highest BCUT2D eigenvalue weighted by molar-refractivity contribution is 5.26. The summed E-state index contributed by atoms with van der Waals surface area (Å²) in [5, 5.41) is 12.9. The van der Waals surface area contributed by atoms with E-state index >= 15 is 0 Å². The minimum Gasteiger partial charge on any atom is -0.317 e. The van der Waals surface area contributed by atoms with Gasteiger partial charge in [0.25, 0.3) is 0 Å². The molecular weight excluding hydrogens is 227 g/mol. The Balaban J connectivity index is 2.31. The van der Waals surface area contributed by atoms with Gasteiger partial charge in [-0.2, -0.15) is 5.26 Å². The number of benzene rings is 1. The van der Waals surface area contributed by atoms with E-state index in [1.54, 1.807) is 0 Å². The zero-order valence-corrected chi connectivity index (χ0v) is 10.7. The van der Waals surface area contributed by atoms with Gasteiger partial charge in [-0.05, 0) is 50.0 Å². The summed E-state index contributed by atoms with van der Waals surface area (Å²) in [5.41, 5.74) is 0.792. The topological polar surface area (TPSA) is 35.8 Å². The van der Waals surface area contributed by atoms with Gasteiger partial charge >= 0.3 is 0 Å². The van der Waals surface area contributed by atoms with E-state index in [1.165, 1.54) is 12.1 Å². The van der Waals surface area contributed by atoms with Crippen LogP contribution in [0.4, 0.5) is 4.39 Å². The lowest BCUT2D eigenvalue weighted by Gasteiger charge is -2.38. The zero-order valence-electron chi connectivity index (χ0n) is 10.7. The maximum atomic E-state index is 13.0. The lowest BCUT2D eigenvalue weighted by Crippen LogP contribution is -2.39. The number of halogens is 1. The van der Waals surface area contributed by atoms with Crippen molar-refractivity contribution in [1.82, 2.24) is 5.32 Å². The molecule has 0 aromatic heterocycles. The molecule has 1 N–H and O–H groups in total. The van der Waals surface area contributed by atoms with Crippen molar-refractivity contribution in [2.45, 2.75) is 32.1 Å². The molecule has 1 unspecified atom stereocenters. The maximum absolute atomic E-state index is 13.0. The lowest BCUT2D eigenvalue weighted by atomic mass is 9.66. The van der Waals surface area contributed by atoms with E-state index < -0.39 is 0 Å². The smallest absolute Gasteiger partial charge is 0.123 e. The average molecular weight is 246 g/mol. The molecule has 1 aliphatic heterocycles. The predicted octanol–water partition coefficient (Wildman–Crippen LogP) is 3.21. The van der Waals surface area contributed by atoms with Crippen LogP contribution in [0.5, 0.6) is 0 Å². The minimum absolute atomic E-state index is 0.199. The molecule has 1 aliphatic rings. The summed E-state index contributed by atoms with van der Waals surface area (Å²) in [6, 6.07) is 9.18. The van der Waals surface area contributed by atoms with Crippen LogP contribution in [0.15, 0.2) is 24.3 Å². The Morgan fingerprint density at radius 3 is 2.44 bits per heavy atom. The van der Waals surface area contributed by atoms with E-state index in [0.717, 1.165) is 37.9 Å². The van der Waals surface area contributed by atoms with Gasteiger partial charge in [-0.1, -0.05) is 19.1 Å². The number of nitrogens with one attached hydrogen (secondary N) is 1. The van der Waals surface area contributed by atoms with Crippen LogP contribution in [0.2, 0.25) is 0 Å². The second kappa shape index (κ2) is 5.49. The third-order valence-electron chi connectivity index (χ3n) is 4.07. The van der Waals surface area contributed by atoms with Crippen LogP contribution in [0.3, 0.4) is 0 Å². The molecule has 1 heterocycles. The SMILES string of the molecule is CCC(c1ccc(F)cc1)C1(C#N)CCNCC1. The molecule has 18 heavy (non-hydrogen) atoms. The van der Waals surface area contributed by atoms with Crippen molar-refractivity contribution in [1.29, 1.82) is 5.26 Å². The number of rotatable bonds is 3. The molecule has 1 saturated heterocycles. The molecule has 0 saturated carbocycles. The van der Waals surface area contributed by atoms with Gasteiger partial charge in [-0.3, -0.25) is 0 Å². The molecule has 2 rings (SSSR count). The van der Waals surface area contributed by atoms with E-state index in [-0.39, 0.29) is 17.2 Å². The number of nitrogens with zero attached hydrogens (tertiary/aromatic N) is 1. The minimum atomic E-state index is -0.294. The molecule has 2 nitrogen and oxygen atoms in total. The Bertz CT molecular complexity index is 427. The monoisotopic (exact) mass is 246 g/mol. The summed E-state index contributed by atoms with van der Waals surface area (Å²) < 4.78 is 13.0. The molecule has 0 aliphatic carbocycles. The summed E-state index contributed by atoms with van der Waals surface area (Å²) in [6.07, 6.45) is 2.66. The highest BCUT2D eigenvalue weighted by Gasteiger charge is 2.39. The first kappa shape index (κ1) is 13.0. The first-order valence-corrected chi connectivity index (χ1v) is 6.59. The van der Waals surface area contributed by atoms with Gasteiger partial charge in [0.05, 0.1) is 11.5 Å². The fourth-order valence-corrected chi connectivity index (χ4v) is 3.05. The van der Waals surface area contributed by atoms with Gasteiger partial charge in [0.15, 0.2) is 0 Å². The first-order chi connectivity index (χ1) is 8.72. The summed E-state index contributed by atoms with van der Waals surface area (Å²) >= 11 is 0. The van der Waals surface area contributed by atoms with Gasteiger partial charge in [0, 0.05) is 5.92 Å². The van der Waals surface area contributed by atoms with Crippen molar-refractivity contribution in [3.8, 4) is 6.07 Å². The Kier molecular flexibility index (Phi) is 3.98. The van der Waals surface area contributed by atoms with Crippen LogP contribution >= 0.6 is 0 Å². The number of nitriles is 1. The molecule has 0 radical (unpaired) electrons. The van der Waals surface area contributed by atoms with Crippen LogP contribution in [0, 0.1) is 22.6 Å². The van der Waals surface area contributed by atoms with E-state index in [2.05, 4.69) is 18.3 Å². The average Bonchev–Trinajstić information content (AvgIpc) is 2.43. The molecule has 96 valence electrons. The quantitative estimate of drug-likeness (QED) is 0.889. The Morgan fingerprint density at radius 2 is 1.94 bits per heavy atom. The highest BCUT2D eigenvalue weighted by Crippen LogP contribution is 2.44. The third-order valence-corrected chi connectivity index (χ3v) is 4.07. The number of piperidine rings is 1. The molecule has 0 spiro atoms. The third kappa shape index (κ3) is 2.39. The molecular formula is C15H19FN2. The molecule has 1 fully saturated rings. The Morgan fingerprint density at radius 1 is 1.33 bits per heavy atom. The van der Waals surface area contributed by atoms with Crippen molar-refractivity contribution >= 4 is 0 Å². The van der Waals surface area contributed by atoms with Crippen LogP contribution in [-0.2, 0) is 0 Å². The molecule has 0 bridgehead atoms. The predicted molar refractivity (Wildman–Crippen MR) is 69.6 cm³/mol. The van der Waals surface area contributed by atoms with E-state index in [1.807, 2.05) is 12.1 Å². The summed E-state index contributed by atoms with van der Waals surface area (Å²) in [5.74, 6) is -0.0184. The lowest BCUT2D eigenvalue weighted by molar-refractivity contribution is 0.223. The van der Waals surface area contributed by atoms with Crippen LogP contribution in [0.1, 0.15) is 37.7 Å². The summed E-state index contributed by atoms with van der Waals surface area (Å²) in [7, 11) is 0. The maximum Gasteiger partial charge on any atom is 0.123 e. The molecule has 1 aromatic carbocycles. The molecule has 3 heteroatoms. The fourth-order valence-electron chi connectivity index (χ4n) is 3.05. The Labute approximate surface area is 108 Å². The van der Waals surface area contributed by atoms with Crippen LogP contribution in [0.25, 0.3) is 0 Å². The summed E-state index contributed by atoms with van der Waals surface area (Å²) in [4.78, 5) is 0. The van der Waals surface area contributed by atoms with Crippen molar-refractivity contribution < 1.29 is 4.39 Å². The van der Waals surface area contributed by atoms with Crippen molar-refractivity contribution in [2.75, 3.05) is 13.1 Å². The van der Waals surface area contributed by atoms with Gasteiger partial charge < -0.3 is 5.32 Å². The molecule has 1 aromatic rings.